The number of rotatable bonds is 16. The van der Waals surface area contributed by atoms with E-state index in [4.69, 9.17) is 33.2 Å². The maximum absolute atomic E-state index is 13.3. The monoisotopic (exact) mass is 712 g/mol. The SMILES string of the molecule is COC(=O)[C@@]1(OCCC2CCC(CN(Cc3ccccc3)C(=O)OCc3ccccc3)N2)C[C@@H](OC(C)=O)[C@@H](OC(C)=O)C(CCOC(C)=O)O1. The van der Waals surface area contributed by atoms with Crippen LogP contribution in [0.5, 0.6) is 0 Å². The molecule has 6 atom stereocenters. The van der Waals surface area contributed by atoms with Gasteiger partial charge >= 0.3 is 30.0 Å². The third-order valence-corrected chi connectivity index (χ3v) is 8.62. The van der Waals surface area contributed by atoms with E-state index in [-0.39, 0.29) is 44.7 Å². The average Bonchev–Trinajstić information content (AvgIpc) is 3.55. The number of amides is 1. The number of benzene rings is 2. The van der Waals surface area contributed by atoms with Crippen LogP contribution < -0.4 is 5.32 Å². The van der Waals surface area contributed by atoms with Crippen molar-refractivity contribution in [2.24, 2.45) is 0 Å². The van der Waals surface area contributed by atoms with Crippen molar-refractivity contribution in [1.82, 2.24) is 10.2 Å². The van der Waals surface area contributed by atoms with Gasteiger partial charge in [-0.2, -0.15) is 0 Å². The molecule has 0 bridgehead atoms. The van der Waals surface area contributed by atoms with Crippen molar-refractivity contribution in [2.75, 3.05) is 26.9 Å². The van der Waals surface area contributed by atoms with Gasteiger partial charge in [-0.15, -0.1) is 0 Å². The highest BCUT2D eigenvalue weighted by Gasteiger charge is 2.56. The number of carbonyl (C=O) groups excluding carboxylic acids is 5. The van der Waals surface area contributed by atoms with Crippen LogP contribution in [-0.2, 0) is 65.5 Å². The maximum Gasteiger partial charge on any atom is 0.410 e. The van der Waals surface area contributed by atoms with Crippen molar-refractivity contribution in [3.63, 3.8) is 0 Å². The van der Waals surface area contributed by atoms with Crippen LogP contribution in [-0.4, -0.2) is 97.9 Å². The number of methoxy groups -OCH3 is 1. The first-order valence-electron chi connectivity index (χ1n) is 17.1. The summed E-state index contributed by atoms with van der Waals surface area (Å²) in [4.78, 5) is 63.7. The van der Waals surface area contributed by atoms with Gasteiger partial charge in [0.15, 0.2) is 6.10 Å². The Labute approximate surface area is 298 Å². The molecular formula is C37H48N2O12. The van der Waals surface area contributed by atoms with Crippen LogP contribution in [0.15, 0.2) is 60.7 Å². The molecule has 1 amide bonds. The standard InChI is InChI=1S/C37H48N2O12/c1-25(40)46-19-18-32-34(50-27(3)42)33(49-26(2)41)21-37(51-32,35(43)45-4)48-20-17-30-15-16-31(38-30)23-39(22-28-11-7-5-8-12-28)36(44)47-24-29-13-9-6-10-14-29/h5-14,30-34,38H,15-24H2,1-4H3/t30?,31?,32?,33-,34+,37-/m1/s1. The topological polar surface area (TPSA) is 165 Å². The Hall–Kier alpha value is -4.53. The zero-order chi connectivity index (χ0) is 36.8. The molecule has 2 fully saturated rings. The Kier molecular flexibility index (Phi) is 14.8. The first-order valence-corrected chi connectivity index (χ1v) is 17.1. The highest BCUT2D eigenvalue weighted by Crippen LogP contribution is 2.37. The van der Waals surface area contributed by atoms with Crippen molar-refractivity contribution in [3.05, 3.63) is 71.8 Å². The van der Waals surface area contributed by atoms with Crippen molar-refractivity contribution in [2.45, 2.75) is 102 Å². The molecule has 3 unspecified atom stereocenters. The molecule has 0 aromatic heterocycles. The lowest BCUT2D eigenvalue weighted by atomic mass is 9.93. The Balaban J connectivity index is 1.40. The van der Waals surface area contributed by atoms with Crippen molar-refractivity contribution < 1.29 is 57.1 Å². The second-order valence-corrected chi connectivity index (χ2v) is 12.6. The van der Waals surface area contributed by atoms with Gasteiger partial charge in [-0.1, -0.05) is 60.7 Å². The van der Waals surface area contributed by atoms with E-state index in [1.165, 1.54) is 27.9 Å². The summed E-state index contributed by atoms with van der Waals surface area (Å²) in [5, 5.41) is 3.58. The summed E-state index contributed by atoms with van der Waals surface area (Å²) < 4.78 is 39.1. The van der Waals surface area contributed by atoms with Crippen LogP contribution in [0.1, 0.15) is 64.0 Å². The second kappa shape index (κ2) is 19.2. The van der Waals surface area contributed by atoms with E-state index in [0.29, 0.717) is 19.5 Å². The number of ether oxygens (including phenoxy) is 7. The van der Waals surface area contributed by atoms with E-state index >= 15 is 0 Å². The second-order valence-electron chi connectivity index (χ2n) is 12.6. The molecule has 2 aromatic carbocycles. The minimum atomic E-state index is -2.00. The van der Waals surface area contributed by atoms with Crippen LogP contribution in [0.25, 0.3) is 0 Å². The molecule has 2 aliphatic heterocycles. The van der Waals surface area contributed by atoms with E-state index in [9.17, 15) is 24.0 Å². The molecule has 2 heterocycles. The largest absolute Gasteiger partial charge is 0.466 e. The van der Waals surface area contributed by atoms with Crippen molar-refractivity contribution >= 4 is 30.0 Å². The summed E-state index contributed by atoms with van der Waals surface area (Å²) >= 11 is 0. The van der Waals surface area contributed by atoms with Gasteiger partial charge in [-0.05, 0) is 30.4 Å². The molecule has 0 spiro atoms. The number of hydrogen-bond acceptors (Lipinski definition) is 13. The van der Waals surface area contributed by atoms with E-state index in [1.807, 2.05) is 60.7 Å². The first-order chi connectivity index (χ1) is 24.5. The Morgan fingerprint density at radius 3 is 2.08 bits per heavy atom. The molecule has 14 heteroatoms. The van der Waals surface area contributed by atoms with Crippen molar-refractivity contribution in [3.8, 4) is 0 Å². The fraction of sp³-hybridized carbons (Fsp3) is 0.541. The Morgan fingerprint density at radius 1 is 0.804 bits per heavy atom. The Bertz CT molecular complexity index is 1460. The van der Waals surface area contributed by atoms with Crippen LogP contribution >= 0.6 is 0 Å². The summed E-state index contributed by atoms with van der Waals surface area (Å²) in [5.41, 5.74) is 1.87. The number of hydrogen-bond donors (Lipinski definition) is 1. The van der Waals surface area contributed by atoms with Gasteiger partial charge in [0.1, 0.15) is 18.8 Å². The van der Waals surface area contributed by atoms with Gasteiger partial charge < -0.3 is 43.4 Å². The van der Waals surface area contributed by atoms with Crippen LogP contribution in [0.3, 0.4) is 0 Å². The lowest BCUT2D eigenvalue weighted by molar-refractivity contribution is -0.315. The van der Waals surface area contributed by atoms with Crippen molar-refractivity contribution in [1.29, 1.82) is 0 Å². The molecule has 0 aliphatic carbocycles. The molecule has 51 heavy (non-hydrogen) atoms. The zero-order valence-corrected chi connectivity index (χ0v) is 29.6. The van der Waals surface area contributed by atoms with E-state index in [0.717, 1.165) is 24.0 Å². The fourth-order valence-electron chi connectivity index (χ4n) is 6.35. The van der Waals surface area contributed by atoms with Gasteiger partial charge in [0.25, 0.3) is 5.79 Å². The number of carbonyl (C=O) groups is 5. The first kappa shape index (κ1) is 39.3. The van der Waals surface area contributed by atoms with Gasteiger partial charge in [-0.3, -0.25) is 14.4 Å². The van der Waals surface area contributed by atoms with E-state index < -0.39 is 54.1 Å². The van der Waals surface area contributed by atoms with Gasteiger partial charge in [0.2, 0.25) is 0 Å². The maximum atomic E-state index is 13.3. The fourth-order valence-corrected chi connectivity index (χ4v) is 6.35. The smallest absolute Gasteiger partial charge is 0.410 e. The minimum absolute atomic E-state index is 0.00923. The zero-order valence-electron chi connectivity index (χ0n) is 29.6. The number of esters is 4. The molecule has 14 nitrogen and oxygen atoms in total. The molecule has 0 saturated carbocycles. The summed E-state index contributed by atoms with van der Waals surface area (Å²) in [6, 6.07) is 19.2. The summed E-state index contributed by atoms with van der Waals surface area (Å²) in [7, 11) is 1.18. The van der Waals surface area contributed by atoms with E-state index in [2.05, 4.69) is 5.32 Å². The minimum Gasteiger partial charge on any atom is -0.466 e. The molecule has 2 saturated heterocycles. The third-order valence-electron chi connectivity index (χ3n) is 8.62. The summed E-state index contributed by atoms with van der Waals surface area (Å²) in [5.74, 6) is -4.71. The van der Waals surface area contributed by atoms with E-state index in [1.54, 1.807) is 4.90 Å². The molecular weight excluding hydrogens is 664 g/mol. The predicted octanol–water partition coefficient (Wildman–Crippen LogP) is 3.83. The molecule has 278 valence electrons. The number of nitrogens with zero attached hydrogens (tertiary/aromatic N) is 1. The lowest BCUT2D eigenvalue weighted by Gasteiger charge is -2.45. The molecule has 4 rings (SSSR count). The third kappa shape index (κ3) is 12.0. The highest BCUT2D eigenvalue weighted by molar-refractivity contribution is 5.78. The number of nitrogens with one attached hydrogen (secondary N) is 1. The summed E-state index contributed by atoms with van der Waals surface area (Å²) in [6.45, 7) is 4.54. The lowest BCUT2D eigenvalue weighted by Crippen LogP contribution is -2.61. The van der Waals surface area contributed by atoms with Crippen LogP contribution in [0, 0.1) is 0 Å². The average molecular weight is 713 g/mol. The quantitative estimate of drug-likeness (QED) is 0.197. The van der Waals surface area contributed by atoms with Gasteiger partial charge in [0.05, 0.1) is 26.7 Å². The predicted molar refractivity (Wildman–Crippen MR) is 181 cm³/mol. The molecule has 2 aliphatic rings. The molecule has 0 radical (unpaired) electrons. The normalized spacial score (nSPS) is 24.2. The summed E-state index contributed by atoms with van der Waals surface area (Å²) in [6.07, 6.45) is -1.92. The highest BCUT2D eigenvalue weighted by atomic mass is 16.7. The molecule has 2 aromatic rings. The van der Waals surface area contributed by atoms with Gasteiger partial charge in [-0.25, -0.2) is 9.59 Å². The molecule has 1 N–H and O–H groups in total. The van der Waals surface area contributed by atoms with Crippen LogP contribution in [0.4, 0.5) is 4.79 Å². The van der Waals surface area contributed by atoms with Crippen LogP contribution in [0.2, 0.25) is 0 Å². The van der Waals surface area contributed by atoms with Gasteiger partial charge in [0, 0.05) is 52.4 Å². The Morgan fingerprint density at radius 2 is 1.45 bits per heavy atom.